The van der Waals surface area contributed by atoms with Crippen molar-refractivity contribution in [3.8, 4) is 5.75 Å². The normalized spacial score (nSPS) is 11.5. The maximum atomic E-state index is 12.0. The number of phenols is 1. The van der Waals surface area contributed by atoms with Crippen LogP contribution in [0, 0.1) is 0 Å². The molecule has 2 N–H and O–H groups in total. The standard InChI is InChI=1S/C21H17NO3/c23-18-8-4-15(5-9-18)6-10-19(24)14-20(25)11-7-16-2-1-3-17-12-13-22-21(16)17/h1-13,22-23H,14H2/b10-6+,11-7+. The first-order valence-corrected chi connectivity index (χ1v) is 7.89. The fraction of sp³-hybridized carbons (Fsp3) is 0.0476. The Kier molecular flexibility index (Phi) is 4.90. The summed E-state index contributed by atoms with van der Waals surface area (Å²) in [6.45, 7) is 0. The molecular formula is C21H17NO3. The zero-order chi connectivity index (χ0) is 17.6. The van der Waals surface area contributed by atoms with Gasteiger partial charge in [0.2, 0.25) is 0 Å². The van der Waals surface area contributed by atoms with Gasteiger partial charge in [0.25, 0.3) is 0 Å². The zero-order valence-corrected chi connectivity index (χ0v) is 13.5. The molecular weight excluding hydrogens is 314 g/mol. The minimum atomic E-state index is -0.263. The molecule has 124 valence electrons. The van der Waals surface area contributed by atoms with Gasteiger partial charge in [0.15, 0.2) is 11.6 Å². The fourth-order valence-corrected chi connectivity index (χ4v) is 2.49. The molecule has 1 heterocycles. The number of carbonyl (C=O) groups excluding carboxylic acids is 2. The summed E-state index contributed by atoms with van der Waals surface area (Å²) in [6.07, 6.45) is 7.83. The molecule has 0 unspecified atom stereocenters. The number of phenolic OH excluding ortho intramolecular Hbond substituents is 1. The van der Waals surface area contributed by atoms with Gasteiger partial charge in [0, 0.05) is 6.20 Å². The predicted octanol–water partition coefficient (Wildman–Crippen LogP) is 4.13. The molecule has 0 radical (unpaired) electrons. The van der Waals surface area contributed by atoms with Crippen LogP contribution in [-0.4, -0.2) is 21.7 Å². The lowest BCUT2D eigenvalue weighted by Gasteiger charge is -1.97. The Morgan fingerprint density at radius 2 is 1.64 bits per heavy atom. The van der Waals surface area contributed by atoms with E-state index in [-0.39, 0.29) is 23.7 Å². The topological polar surface area (TPSA) is 70.2 Å². The minimum absolute atomic E-state index is 0.167. The van der Waals surface area contributed by atoms with Crippen molar-refractivity contribution in [3.63, 3.8) is 0 Å². The molecule has 4 nitrogen and oxygen atoms in total. The van der Waals surface area contributed by atoms with Crippen molar-refractivity contribution >= 4 is 34.6 Å². The summed E-state index contributed by atoms with van der Waals surface area (Å²) in [5, 5.41) is 10.3. The van der Waals surface area contributed by atoms with E-state index in [2.05, 4.69) is 4.98 Å². The van der Waals surface area contributed by atoms with Crippen LogP contribution in [-0.2, 0) is 9.59 Å². The lowest BCUT2D eigenvalue weighted by molar-refractivity contribution is -0.121. The van der Waals surface area contributed by atoms with Crippen LogP contribution in [0.15, 0.2) is 66.9 Å². The number of rotatable bonds is 6. The largest absolute Gasteiger partial charge is 0.508 e. The van der Waals surface area contributed by atoms with E-state index in [1.165, 1.54) is 12.2 Å². The number of hydrogen-bond donors (Lipinski definition) is 2. The van der Waals surface area contributed by atoms with Crippen molar-refractivity contribution in [2.24, 2.45) is 0 Å². The summed E-state index contributed by atoms with van der Waals surface area (Å²) >= 11 is 0. The van der Waals surface area contributed by atoms with Crippen LogP contribution in [0.3, 0.4) is 0 Å². The number of aromatic hydroxyl groups is 1. The van der Waals surface area contributed by atoms with Crippen LogP contribution in [0.2, 0.25) is 0 Å². The number of aromatic amines is 1. The molecule has 0 saturated carbocycles. The second-order valence-corrected chi connectivity index (χ2v) is 5.66. The van der Waals surface area contributed by atoms with Gasteiger partial charge >= 0.3 is 0 Å². The summed E-state index contributed by atoms with van der Waals surface area (Å²) in [6, 6.07) is 14.3. The molecule has 0 aliphatic carbocycles. The van der Waals surface area contributed by atoms with E-state index < -0.39 is 0 Å². The Labute approximate surface area is 145 Å². The van der Waals surface area contributed by atoms with E-state index >= 15 is 0 Å². The molecule has 0 fully saturated rings. The van der Waals surface area contributed by atoms with Crippen LogP contribution in [0.1, 0.15) is 17.5 Å². The number of ketones is 2. The van der Waals surface area contributed by atoms with Gasteiger partial charge in [-0.25, -0.2) is 0 Å². The van der Waals surface area contributed by atoms with E-state index in [1.54, 1.807) is 36.4 Å². The van der Waals surface area contributed by atoms with Crippen molar-refractivity contribution in [2.75, 3.05) is 0 Å². The van der Waals surface area contributed by atoms with E-state index in [0.29, 0.717) is 0 Å². The van der Waals surface area contributed by atoms with Crippen LogP contribution in [0.4, 0.5) is 0 Å². The second-order valence-electron chi connectivity index (χ2n) is 5.66. The number of H-pyrrole nitrogens is 1. The Bertz CT molecular complexity index is 962. The number of allylic oxidation sites excluding steroid dienone is 2. The number of fused-ring (bicyclic) bond motifs is 1. The number of hydrogen-bond acceptors (Lipinski definition) is 3. The van der Waals surface area contributed by atoms with Gasteiger partial charge in [0.1, 0.15) is 5.75 Å². The molecule has 1 aromatic heterocycles. The molecule has 0 spiro atoms. The third-order valence-corrected chi connectivity index (χ3v) is 3.77. The number of nitrogens with one attached hydrogen (secondary N) is 1. The molecule has 2 aromatic carbocycles. The van der Waals surface area contributed by atoms with Gasteiger partial charge in [-0.05, 0) is 52.9 Å². The maximum Gasteiger partial charge on any atom is 0.163 e. The Hall–Kier alpha value is -3.40. The average Bonchev–Trinajstić information content (AvgIpc) is 3.09. The van der Waals surface area contributed by atoms with E-state index in [4.69, 9.17) is 0 Å². The monoisotopic (exact) mass is 331 g/mol. The van der Waals surface area contributed by atoms with Gasteiger partial charge in [-0.15, -0.1) is 0 Å². The molecule has 0 amide bonds. The first-order chi connectivity index (χ1) is 12.1. The highest BCUT2D eigenvalue weighted by atomic mass is 16.3. The van der Waals surface area contributed by atoms with Crippen molar-refractivity contribution in [2.45, 2.75) is 6.42 Å². The smallest absolute Gasteiger partial charge is 0.163 e. The molecule has 0 aliphatic rings. The molecule has 25 heavy (non-hydrogen) atoms. The maximum absolute atomic E-state index is 12.0. The van der Waals surface area contributed by atoms with Crippen molar-refractivity contribution in [1.29, 1.82) is 0 Å². The van der Waals surface area contributed by atoms with Gasteiger partial charge in [-0.1, -0.05) is 36.4 Å². The molecule has 3 aromatic rings. The van der Waals surface area contributed by atoms with E-state index in [9.17, 15) is 14.7 Å². The Morgan fingerprint density at radius 1 is 0.920 bits per heavy atom. The molecule has 3 rings (SSSR count). The molecule has 0 atom stereocenters. The fourth-order valence-electron chi connectivity index (χ4n) is 2.49. The predicted molar refractivity (Wildman–Crippen MR) is 99.1 cm³/mol. The highest BCUT2D eigenvalue weighted by Crippen LogP contribution is 2.18. The van der Waals surface area contributed by atoms with Crippen LogP contribution in [0.25, 0.3) is 23.1 Å². The Balaban J connectivity index is 1.61. The van der Waals surface area contributed by atoms with Crippen LogP contribution >= 0.6 is 0 Å². The minimum Gasteiger partial charge on any atom is -0.508 e. The van der Waals surface area contributed by atoms with Gasteiger partial charge in [0.05, 0.1) is 11.9 Å². The van der Waals surface area contributed by atoms with Crippen LogP contribution in [0.5, 0.6) is 5.75 Å². The average molecular weight is 331 g/mol. The van der Waals surface area contributed by atoms with Crippen LogP contribution < -0.4 is 0 Å². The van der Waals surface area contributed by atoms with Gasteiger partial charge in [-0.2, -0.15) is 0 Å². The highest BCUT2D eigenvalue weighted by molar-refractivity contribution is 6.11. The third-order valence-electron chi connectivity index (χ3n) is 3.77. The number of para-hydroxylation sites is 1. The van der Waals surface area contributed by atoms with Gasteiger partial charge in [-0.3, -0.25) is 9.59 Å². The Morgan fingerprint density at radius 3 is 2.40 bits per heavy atom. The summed E-state index contributed by atoms with van der Waals surface area (Å²) in [4.78, 5) is 27.0. The van der Waals surface area contributed by atoms with E-state index in [0.717, 1.165) is 22.0 Å². The summed E-state index contributed by atoms with van der Waals surface area (Å²) in [5.74, 6) is -0.342. The summed E-state index contributed by atoms with van der Waals surface area (Å²) in [7, 11) is 0. The van der Waals surface area contributed by atoms with E-state index in [1.807, 2.05) is 30.5 Å². The summed E-state index contributed by atoms with van der Waals surface area (Å²) in [5.41, 5.74) is 2.65. The van der Waals surface area contributed by atoms with Gasteiger partial charge < -0.3 is 10.1 Å². The first-order valence-electron chi connectivity index (χ1n) is 7.89. The highest BCUT2D eigenvalue weighted by Gasteiger charge is 2.04. The lowest BCUT2D eigenvalue weighted by Crippen LogP contribution is -2.01. The third kappa shape index (κ3) is 4.32. The molecule has 0 aliphatic heterocycles. The number of carbonyl (C=O) groups is 2. The molecule has 0 saturated heterocycles. The lowest BCUT2D eigenvalue weighted by atomic mass is 10.1. The number of aromatic nitrogens is 1. The first kappa shape index (κ1) is 16.5. The SMILES string of the molecule is O=C(/C=C/c1ccc(O)cc1)CC(=O)/C=C/c1cccc2cc[nH]c12. The molecule has 0 bridgehead atoms. The van der Waals surface area contributed by atoms with Crippen molar-refractivity contribution < 1.29 is 14.7 Å². The zero-order valence-electron chi connectivity index (χ0n) is 13.5. The molecule has 4 heteroatoms. The summed E-state index contributed by atoms with van der Waals surface area (Å²) < 4.78 is 0. The van der Waals surface area contributed by atoms with Crippen molar-refractivity contribution in [3.05, 3.63) is 78.0 Å². The quantitative estimate of drug-likeness (QED) is 0.527. The van der Waals surface area contributed by atoms with Crippen molar-refractivity contribution in [1.82, 2.24) is 4.98 Å². The number of benzene rings is 2. The second kappa shape index (κ2) is 7.45.